The second-order valence-corrected chi connectivity index (χ2v) is 8.87. The summed E-state index contributed by atoms with van der Waals surface area (Å²) in [6.07, 6.45) is 8.29. The van der Waals surface area contributed by atoms with Crippen molar-refractivity contribution in [2.24, 2.45) is 23.7 Å². The number of ether oxygens (including phenoxy) is 1. The summed E-state index contributed by atoms with van der Waals surface area (Å²) in [7, 11) is 0. The van der Waals surface area contributed by atoms with Gasteiger partial charge in [0.1, 0.15) is 0 Å². The van der Waals surface area contributed by atoms with Gasteiger partial charge in [-0.3, -0.25) is 9.59 Å². The van der Waals surface area contributed by atoms with Crippen molar-refractivity contribution >= 4 is 11.8 Å². The van der Waals surface area contributed by atoms with Gasteiger partial charge in [0, 0.05) is 31.0 Å². The van der Waals surface area contributed by atoms with E-state index < -0.39 is 0 Å². The number of hydrogen-bond acceptors (Lipinski definition) is 3. The van der Waals surface area contributed by atoms with Crippen LogP contribution in [0.3, 0.4) is 0 Å². The van der Waals surface area contributed by atoms with E-state index in [1.807, 2.05) is 0 Å². The fraction of sp³-hybridized carbons (Fsp3) is 0.900. The molecule has 0 aromatic heterocycles. The third kappa shape index (κ3) is 4.02. The summed E-state index contributed by atoms with van der Waals surface area (Å²) in [4.78, 5) is 27.0. The number of nitrogens with zero attached hydrogens (tertiary/aromatic N) is 1. The molecule has 4 rings (SSSR count). The van der Waals surface area contributed by atoms with Gasteiger partial charge in [-0.25, -0.2) is 0 Å². The van der Waals surface area contributed by atoms with Gasteiger partial charge in [0.25, 0.3) is 0 Å². The highest BCUT2D eigenvalue weighted by Crippen LogP contribution is 2.37. The smallest absolute Gasteiger partial charge is 0.225 e. The molecule has 0 bridgehead atoms. The average Bonchev–Trinajstić information content (AvgIpc) is 3.34. The number of piperidine rings is 1. The van der Waals surface area contributed by atoms with E-state index in [1.54, 1.807) is 0 Å². The maximum absolute atomic E-state index is 12.9. The summed E-state index contributed by atoms with van der Waals surface area (Å²) in [5.41, 5.74) is 0. The third-order valence-corrected chi connectivity index (χ3v) is 6.80. The molecule has 3 atom stereocenters. The minimum atomic E-state index is 0.0523. The van der Waals surface area contributed by atoms with Crippen LogP contribution in [0.4, 0.5) is 0 Å². The Kier molecular flexibility index (Phi) is 5.03. The lowest BCUT2D eigenvalue weighted by atomic mass is 9.80. The molecule has 4 fully saturated rings. The lowest BCUT2D eigenvalue weighted by molar-refractivity contribution is -0.139. The predicted octanol–water partition coefficient (Wildman–Crippen LogP) is 2.34. The molecule has 5 heteroatoms. The molecular formula is C20H32N2O3. The van der Waals surface area contributed by atoms with Crippen LogP contribution in [0.25, 0.3) is 0 Å². The van der Waals surface area contributed by atoms with Crippen LogP contribution in [0, 0.1) is 23.7 Å². The van der Waals surface area contributed by atoms with Gasteiger partial charge in [-0.2, -0.15) is 0 Å². The number of likely N-dealkylation sites (tertiary alicyclic amines) is 1. The summed E-state index contributed by atoms with van der Waals surface area (Å²) in [6.45, 7) is 4.67. The van der Waals surface area contributed by atoms with E-state index in [2.05, 4.69) is 17.1 Å². The van der Waals surface area contributed by atoms with E-state index in [-0.39, 0.29) is 17.9 Å². The Morgan fingerprint density at radius 3 is 2.56 bits per heavy atom. The molecule has 0 spiro atoms. The summed E-state index contributed by atoms with van der Waals surface area (Å²) < 4.78 is 5.96. The third-order valence-electron chi connectivity index (χ3n) is 6.80. The fourth-order valence-electron chi connectivity index (χ4n) is 4.96. The number of nitrogens with one attached hydrogen (secondary N) is 1. The van der Waals surface area contributed by atoms with Gasteiger partial charge in [0.2, 0.25) is 11.8 Å². The standard InChI is InChI=1S/C20H32N2O3/c1-13-2-4-14(5-3-13)20(24)22-9-8-17-15(11-22)12-25-18(17)10-19(23)21-16-6-7-16/h13-18H,2-12H2,1H3,(H,21,23)/t13?,14?,15-,17-,18+/m1/s1. The van der Waals surface area contributed by atoms with Crippen LogP contribution in [0.15, 0.2) is 0 Å². The van der Waals surface area contributed by atoms with Gasteiger partial charge < -0.3 is 15.0 Å². The molecule has 5 nitrogen and oxygen atoms in total. The second-order valence-electron chi connectivity index (χ2n) is 8.87. The van der Waals surface area contributed by atoms with Gasteiger partial charge in [0.15, 0.2) is 0 Å². The van der Waals surface area contributed by atoms with Crippen molar-refractivity contribution in [2.45, 2.75) is 70.4 Å². The zero-order valence-electron chi connectivity index (χ0n) is 15.4. The molecule has 0 aromatic rings. The zero-order chi connectivity index (χ0) is 17.4. The molecule has 2 aliphatic heterocycles. The Morgan fingerprint density at radius 1 is 1.08 bits per heavy atom. The topological polar surface area (TPSA) is 58.6 Å². The molecule has 140 valence electrons. The number of carbonyl (C=O) groups excluding carboxylic acids is 2. The van der Waals surface area contributed by atoms with Gasteiger partial charge in [-0.15, -0.1) is 0 Å². The van der Waals surface area contributed by atoms with Crippen LogP contribution < -0.4 is 5.32 Å². The number of fused-ring (bicyclic) bond motifs is 1. The quantitative estimate of drug-likeness (QED) is 0.848. The summed E-state index contributed by atoms with van der Waals surface area (Å²) in [5.74, 6) is 2.40. The van der Waals surface area contributed by atoms with Crippen molar-refractivity contribution < 1.29 is 14.3 Å². The summed E-state index contributed by atoms with van der Waals surface area (Å²) in [6, 6.07) is 0.419. The first-order chi connectivity index (χ1) is 12.1. The van der Waals surface area contributed by atoms with Crippen LogP contribution in [-0.2, 0) is 14.3 Å². The summed E-state index contributed by atoms with van der Waals surface area (Å²) in [5, 5.41) is 3.07. The fourth-order valence-corrected chi connectivity index (χ4v) is 4.96. The van der Waals surface area contributed by atoms with Gasteiger partial charge in [-0.1, -0.05) is 6.92 Å². The van der Waals surface area contributed by atoms with E-state index in [0.29, 0.717) is 36.8 Å². The largest absolute Gasteiger partial charge is 0.377 e. The molecular weight excluding hydrogens is 316 g/mol. The van der Waals surface area contributed by atoms with E-state index in [0.717, 1.165) is 51.1 Å². The van der Waals surface area contributed by atoms with Crippen molar-refractivity contribution in [3.63, 3.8) is 0 Å². The maximum atomic E-state index is 12.9. The predicted molar refractivity (Wildman–Crippen MR) is 94.8 cm³/mol. The SMILES string of the molecule is CC1CCC(C(=O)N2CC[C@@H]3[C@@H](CO[C@H]3CC(=O)NC3CC3)C2)CC1. The number of amides is 2. The molecule has 2 saturated carbocycles. The Balaban J connectivity index is 1.27. The minimum Gasteiger partial charge on any atom is -0.377 e. The van der Waals surface area contributed by atoms with Crippen molar-refractivity contribution in [2.75, 3.05) is 19.7 Å². The van der Waals surface area contributed by atoms with Gasteiger partial charge >= 0.3 is 0 Å². The number of rotatable bonds is 4. The first kappa shape index (κ1) is 17.3. The zero-order valence-corrected chi connectivity index (χ0v) is 15.4. The molecule has 2 heterocycles. The first-order valence-corrected chi connectivity index (χ1v) is 10.3. The highest BCUT2D eigenvalue weighted by Gasteiger charge is 2.43. The molecule has 25 heavy (non-hydrogen) atoms. The van der Waals surface area contributed by atoms with Crippen molar-refractivity contribution in [3.05, 3.63) is 0 Å². The molecule has 2 aliphatic carbocycles. The van der Waals surface area contributed by atoms with Crippen LogP contribution in [0.2, 0.25) is 0 Å². The Morgan fingerprint density at radius 2 is 1.84 bits per heavy atom. The van der Waals surface area contributed by atoms with Gasteiger partial charge in [0.05, 0.1) is 19.1 Å². The van der Waals surface area contributed by atoms with Crippen molar-refractivity contribution in [3.8, 4) is 0 Å². The van der Waals surface area contributed by atoms with Crippen molar-refractivity contribution in [1.29, 1.82) is 0 Å². The number of carbonyl (C=O) groups is 2. The van der Waals surface area contributed by atoms with E-state index >= 15 is 0 Å². The van der Waals surface area contributed by atoms with E-state index in [1.165, 1.54) is 12.8 Å². The van der Waals surface area contributed by atoms with Gasteiger partial charge in [-0.05, 0) is 56.8 Å². The Hall–Kier alpha value is -1.10. The number of hydrogen-bond donors (Lipinski definition) is 1. The normalized spacial score (nSPS) is 38.3. The highest BCUT2D eigenvalue weighted by molar-refractivity contribution is 5.79. The van der Waals surface area contributed by atoms with E-state index in [4.69, 9.17) is 4.74 Å². The minimum absolute atomic E-state index is 0.0523. The van der Waals surface area contributed by atoms with E-state index in [9.17, 15) is 9.59 Å². The van der Waals surface area contributed by atoms with Crippen LogP contribution in [0.5, 0.6) is 0 Å². The monoisotopic (exact) mass is 348 g/mol. The molecule has 2 amide bonds. The average molecular weight is 348 g/mol. The summed E-state index contributed by atoms with van der Waals surface area (Å²) >= 11 is 0. The molecule has 0 aromatic carbocycles. The lowest BCUT2D eigenvalue weighted by Crippen LogP contribution is -2.47. The van der Waals surface area contributed by atoms with Crippen molar-refractivity contribution in [1.82, 2.24) is 10.2 Å². The van der Waals surface area contributed by atoms with Crippen LogP contribution >= 0.6 is 0 Å². The van der Waals surface area contributed by atoms with Crippen LogP contribution in [-0.4, -0.2) is 48.6 Å². The molecule has 1 N–H and O–H groups in total. The lowest BCUT2D eigenvalue weighted by Gasteiger charge is -2.38. The molecule has 4 aliphatic rings. The first-order valence-electron chi connectivity index (χ1n) is 10.3. The molecule has 0 radical (unpaired) electrons. The van der Waals surface area contributed by atoms with Crippen LogP contribution in [0.1, 0.15) is 58.3 Å². The Labute approximate surface area is 150 Å². The molecule has 2 saturated heterocycles. The Bertz CT molecular complexity index is 511. The maximum Gasteiger partial charge on any atom is 0.225 e. The second kappa shape index (κ2) is 7.26. The highest BCUT2D eigenvalue weighted by atomic mass is 16.5. The molecule has 0 unspecified atom stereocenters.